The number of carbonyl (C=O) groups is 1. The Bertz CT molecular complexity index is 1050. The normalized spacial score (nSPS) is 16.9. The predicted octanol–water partition coefficient (Wildman–Crippen LogP) is 2.42. The van der Waals surface area contributed by atoms with Gasteiger partial charge >= 0.3 is 6.03 Å². The van der Waals surface area contributed by atoms with Crippen molar-refractivity contribution in [1.82, 2.24) is 24.6 Å². The molecular weight excluding hydrogens is 370 g/mol. The van der Waals surface area contributed by atoms with E-state index in [2.05, 4.69) is 32.2 Å². The van der Waals surface area contributed by atoms with Crippen LogP contribution in [0.1, 0.15) is 12.6 Å². The van der Waals surface area contributed by atoms with Gasteiger partial charge in [-0.05, 0) is 26.0 Å². The highest BCUT2D eigenvalue weighted by atomic mass is 16.5. The number of nitrogens with one attached hydrogen (secondary N) is 1. The molecule has 3 aromatic rings. The van der Waals surface area contributed by atoms with Gasteiger partial charge in [-0.25, -0.2) is 14.8 Å². The van der Waals surface area contributed by atoms with Crippen molar-refractivity contribution < 1.29 is 9.53 Å². The van der Waals surface area contributed by atoms with Crippen molar-refractivity contribution in [1.29, 1.82) is 0 Å². The number of fused-ring (bicyclic) bond motifs is 1. The standard InChI is InChI=1S/C20H25N7O2/c1-13-12-26(20(28)24-16-5-6-18(29-4)23-14(16)2)9-10-27(13)17-7-8-21-19-15(17)11-22-25(19)3/h5-8,11,13H,9-10,12H2,1-4H3,(H,24,28). The average Bonchev–Trinajstić information content (AvgIpc) is 3.10. The SMILES string of the molecule is COc1ccc(NC(=O)N2CCN(c3ccnc4c3cnn4C)C(C)C2)c(C)n1. The molecule has 9 nitrogen and oxygen atoms in total. The van der Waals surface area contributed by atoms with Crippen molar-refractivity contribution in [3.05, 3.63) is 36.3 Å². The van der Waals surface area contributed by atoms with E-state index in [1.54, 1.807) is 17.9 Å². The lowest BCUT2D eigenvalue weighted by molar-refractivity contribution is 0.200. The van der Waals surface area contributed by atoms with Crippen LogP contribution in [-0.4, -0.2) is 63.5 Å². The number of amides is 2. The fourth-order valence-electron chi connectivity index (χ4n) is 3.76. The molecule has 2 amide bonds. The number of hydrogen-bond acceptors (Lipinski definition) is 6. The molecule has 152 valence electrons. The molecule has 1 saturated heterocycles. The van der Waals surface area contributed by atoms with Crippen LogP contribution < -0.4 is 15.0 Å². The molecule has 0 bridgehead atoms. The van der Waals surface area contributed by atoms with Gasteiger partial charge in [0.05, 0.1) is 35.8 Å². The second-order valence-corrected chi connectivity index (χ2v) is 7.24. The molecule has 1 N–H and O–H groups in total. The van der Waals surface area contributed by atoms with Gasteiger partial charge in [-0.2, -0.15) is 5.10 Å². The summed E-state index contributed by atoms with van der Waals surface area (Å²) >= 11 is 0. The summed E-state index contributed by atoms with van der Waals surface area (Å²) in [5, 5.41) is 8.32. The zero-order valence-corrected chi connectivity index (χ0v) is 17.1. The number of urea groups is 1. The Morgan fingerprint density at radius 2 is 2.10 bits per heavy atom. The maximum absolute atomic E-state index is 12.8. The van der Waals surface area contributed by atoms with E-state index < -0.39 is 0 Å². The summed E-state index contributed by atoms with van der Waals surface area (Å²) in [6, 6.07) is 5.62. The highest BCUT2D eigenvalue weighted by molar-refractivity contribution is 5.91. The molecular formula is C20H25N7O2. The second kappa shape index (κ2) is 7.57. The fraction of sp³-hybridized carbons (Fsp3) is 0.400. The van der Waals surface area contributed by atoms with Gasteiger partial charge in [-0.1, -0.05) is 0 Å². The van der Waals surface area contributed by atoms with Crippen LogP contribution in [0.3, 0.4) is 0 Å². The van der Waals surface area contributed by atoms with Crippen LogP contribution in [-0.2, 0) is 7.05 Å². The van der Waals surface area contributed by atoms with Crippen molar-refractivity contribution >= 4 is 28.4 Å². The first-order valence-electron chi connectivity index (χ1n) is 9.59. The highest BCUT2D eigenvalue weighted by Crippen LogP contribution is 2.28. The molecule has 3 aromatic heterocycles. The van der Waals surface area contributed by atoms with E-state index in [9.17, 15) is 4.79 Å². The zero-order valence-electron chi connectivity index (χ0n) is 17.1. The number of carbonyl (C=O) groups excluding carboxylic acids is 1. The molecule has 0 radical (unpaired) electrons. The third kappa shape index (κ3) is 3.55. The van der Waals surface area contributed by atoms with Crippen molar-refractivity contribution in [3.63, 3.8) is 0 Å². The quantitative estimate of drug-likeness (QED) is 0.733. The first-order chi connectivity index (χ1) is 14.0. The first kappa shape index (κ1) is 19.0. The summed E-state index contributed by atoms with van der Waals surface area (Å²) in [6.07, 6.45) is 3.66. The lowest BCUT2D eigenvalue weighted by atomic mass is 10.1. The number of ether oxygens (including phenoxy) is 1. The largest absolute Gasteiger partial charge is 0.481 e. The number of rotatable bonds is 3. The van der Waals surface area contributed by atoms with Crippen LogP contribution in [0.4, 0.5) is 16.2 Å². The van der Waals surface area contributed by atoms with Gasteiger partial charge in [0.15, 0.2) is 5.65 Å². The molecule has 29 heavy (non-hydrogen) atoms. The number of hydrogen-bond donors (Lipinski definition) is 1. The Balaban J connectivity index is 1.46. The minimum Gasteiger partial charge on any atom is -0.481 e. The third-order valence-corrected chi connectivity index (χ3v) is 5.35. The Kier molecular flexibility index (Phi) is 4.96. The molecule has 9 heteroatoms. The van der Waals surface area contributed by atoms with Crippen LogP contribution in [0.5, 0.6) is 5.88 Å². The van der Waals surface area contributed by atoms with E-state index in [0.717, 1.165) is 29.0 Å². The van der Waals surface area contributed by atoms with Crippen molar-refractivity contribution in [3.8, 4) is 5.88 Å². The Morgan fingerprint density at radius 1 is 1.28 bits per heavy atom. The maximum Gasteiger partial charge on any atom is 0.322 e. The molecule has 0 saturated carbocycles. The summed E-state index contributed by atoms with van der Waals surface area (Å²) in [5.41, 5.74) is 3.38. The number of aromatic nitrogens is 4. The fourth-order valence-corrected chi connectivity index (χ4v) is 3.76. The van der Waals surface area contributed by atoms with Crippen molar-refractivity contribution in [2.75, 3.05) is 37.0 Å². The molecule has 0 spiro atoms. The van der Waals surface area contributed by atoms with E-state index in [0.29, 0.717) is 24.7 Å². The van der Waals surface area contributed by atoms with Crippen LogP contribution in [0.15, 0.2) is 30.6 Å². The molecule has 0 aromatic carbocycles. The van der Waals surface area contributed by atoms with Crippen LogP contribution >= 0.6 is 0 Å². The zero-order chi connectivity index (χ0) is 20.5. The topological polar surface area (TPSA) is 88.4 Å². The van der Waals surface area contributed by atoms with Gasteiger partial charge in [0.1, 0.15) is 0 Å². The minimum absolute atomic E-state index is 0.118. The minimum atomic E-state index is -0.118. The van der Waals surface area contributed by atoms with E-state index in [1.165, 1.54) is 0 Å². The lowest BCUT2D eigenvalue weighted by Gasteiger charge is -2.41. The van der Waals surface area contributed by atoms with Crippen LogP contribution in [0, 0.1) is 6.92 Å². The number of anilines is 2. The molecule has 4 heterocycles. The van der Waals surface area contributed by atoms with Gasteiger partial charge in [0, 0.05) is 45.0 Å². The molecule has 1 aliphatic heterocycles. The van der Waals surface area contributed by atoms with Gasteiger partial charge in [0.2, 0.25) is 5.88 Å². The van der Waals surface area contributed by atoms with E-state index in [4.69, 9.17) is 4.74 Å². The molecule has 1 unspecified atom stereocenters. The van der Waals surface area contributed by atoms with Gasteiger partial charge in [-0.15, -0.1) is 0 Å². The monoisotopic (exact) mass is 395 g/mol. The Labute approximate surface area is 169 Å². The molecule has 4 rings (SSSR count). The summed E-state index contributed by atoms with van der Waals surface area (Å²) in [4.78, 5) is 25.7. The van der Waals surface area contributed by atoms with E-state index in [-0.39, 0.29) is 12.1 Å². The summed E-state index contributed by atoms with van der Waals surface area (Å²) < 4.78 is 6.90. The number of pyridine rings is 2. The second-order valence-electron chi connectivity index (χ2n) is 7.24. The Morgan fingerprint density at radius 3 is 2.83 bits per heavy atom. The summed E-state index contributed by atoms with van der Waals surface area (Å²) in [6.45, 7) is 5.97. The molecule has 0 aliphatic carbocycles. The van der Waals surface area contributed by atoms with Gasteiger partial charge < -0.3 is 19.9 Å². The third-order valence-electron chi connectivity index (χ3n) is 5.35. The maximum atomic E-state index is 12.8. The predicted molar refractivity (Wildman–Crippen MR) is 111 cm³/mol. The molecule has 1 aliphatic rings. The van der Waals surface area contributed by atoms with Crippen LogP contribution in [0.2, 0.25) is 0 Å². The van der Waals surface area contributed by atoms with Crippen molar-refractivity contribution in [2.24, 2.45) is 7.05 Å². The average molecular weight is 395 g/mol. The molecule has 1 fully saturated rings. The Hall–Kier alpha value is -3.36. The highest BCUT2D eigenvalue weighted by Gasteiger charge is 2.28. The van der Waals surface area contributed by atoms with Gasteiger partial charge in [-0.3, -0.25) is 4.68 Å². The van der Waals surface area contributed by atoms with Crippen LogP contribution in [0.25, 0.3) is 11.0 Å². The summed E-state index contributed by atoms with van der Waals surface area (Å²) in [7, 11) is 3.46. The first-order valence-corrected chi connectivity index (χ1v) is 9.59. The number of methoxy groups -OCH3 is 1. The number of aryl methyl sites for hydroxylation is 2. The number of nitrogens with zero attached hydrogens (tertiary/aromatic N) is 6. The number of piperazine rings is 1. The van der Waals surface area contributed by atoms with E-state index >= 15 is 0 Å². The lowest BCUT2D eigenvalue weighted by Crippen LogP contribution is -2.54. The van der Waals surface area contributed by atoms with Crippen molar-refractivity contribution in [2.45, 2.75) is 19.9 Å². The summed E-state index contributed by atoms with van der Waals surface area (Å²) in [5.74, 6) is 0.529. The van der Waals surface area contributed by atoms with E-state index in [1.807, 2.05) is 43.4 Å². The smallest absolute Gasteiger partial charge is 0.322 e. The van der Waals surface area contributed by atoms with Gasteiger partial charge in [0.25, 0.3) is 0 Å². The molecule has 1 atom stereocenters.